The number of aromatic nitrogens is 5. The fourth-order valence-corrected chi connectivity index (χ4v) is 3.55. The molecule has 0 saturated carbocycles. The number of rotatable bonds is 5. The van der Waals surface area contributed by atoms with E-state index in [-0.39, 0.29) is 6.10 Å². The van der Waals surface area contributed by atoms with Crippen molar-refractivity contribution in [1.82, 2.24) is 25.2 Å². The van der Waals surface area contributed by atoms with E-state index in [1.807, 2.05) is 19.1 Å². The molecule has 2 aromatic heterocycles. The largest absolute Gasteiger partial charge is 0.370 e. The van der Waals surface area contributed by atoms with Crippen LogP contribution in [0.25, 0.3) is 5.69 Å². The lowest BCUT2D eigenvalue weighted by molar-refractivity contribution is 0.0535. The summed E-state index contributed by atoms with van der Waals surface area (Å²) in [6.45, 7) is 6.31. The van der Waals surface area contributed by atoms with E-state index < -0.39 is 0 Å². The smallest absolute Gasteiger partial charge is 0.250 e. The summed E-state index contributed by atoms with van der Waals surface area (Å²) in [5.74, 6) is 0.763. The van der Waals surface area contributed by atoms with Gasteiger partial charge in [0.25, 0.3) is 0 Å². The molecule has 0 N–H and O–H groups in total. The number of tetrazole rings is 1. The van der Waals surface area contributed by atoms with Crippen molar-refractivity contribution >= 4 is 17.3 Å². The Balaban J connectivity index is 1.42. The summed E-state index contributed by atoms with van der Waals surface area (Å²) in [4.78, 5) is 6.62. The molecule has 1 atom stereocenters. The third kappa shape index (κ3) is 3.54. The van der Waals surface area contributed by atoms with Crippen LogP contribution in [0.2, 0.25) is 0 Å². The van der Waals surface area contributed by atoms with Crippen LogP contribution in [0.5, 0.6) is 0 Å². The summed E-state index contributed by atoms with van der Waals surface area (Å²) < 4.78 is 7.80. The van der Waals surface area contributed by atoms with Crippen LogP contribution < -0.4 is 4.90 Å². The molecule has 1 fully saturated rings. The molecule has 3 aromatic rings. The molecule has 0 bridgehead atoms. The second kappa shape index (κ2) is 6.89. The van der Waals surface area contributed by atoms with Crippen molar-refractivity contribution in [1.29, 1.82) is 0 Å². The van der Waals surface area contributed by atoms with Gasteiger partial charge in [-0.15, -0.1) is 11.3 Å². The second-order valence-corrected chi connectivity index (χ2v) is 7.31. The molecule has 0 spiro atoms. The Morgan fingerprint density at radius 2 is 2.08 bits per heavy atom. The molecule has 1 unspecified atom stereocenters. The van der Waals surface area contributed by atoms with Gasteiger partial charge in [-0.25, -0.2) is 4.98 Å². The minimum Gasteiger partial charge on any atom is -0.370 e. The minimum absolute atomic E-state index is 0.171. The van der Waals surface area contributed by atoms with Crippen LogP contribution >= 0.6 is 11.3 Å². The summed E-state index contributed by atoms with van der Waals surface area (Å²) in [6, 6.07) is 8.19. The summed E-state index contributed by atoms with van der Waals surface area (Å²) in [6.07, 6.45) is 1.13. The molecule has 25 heavy (non-hydrogen) atoms. The third-order valence-electron chi connectivity index (χ3n) is 4.29. The molecule has 0 amide bonds. The Hall–Kier alpha value is -2.32. The Bertz CT molecular complexity index is 843. The highest BCUT2D eigenvalue weighted by atomic mass is 32.1. The lowest BCUT2D eigenvalue weighted by Crippen LogP contribution is -2.25. The van der Waals surface area contributed by atoms with Gasteiger partial charge in [-0.3, -0.25) is 0 Å². The number of aryl methyl sites for hydroxylation is 2. The molecule has 0 radical (unpaired) electrons. The lowest BCUT2D eigenvalue weighted by atomic mass is 10.2. The predicted octanol–water partition coefficient (Wildman–Crippen LogP) is 2.53. The number of anilines is 1. The molecule has 130 valence electrons. The van der Waals surface area contributed by atoms with Gasteiger partial charge in [-0.2, -0.15) is 4.68 Å². The van der Waals surface area contributed by atoms with Crippen LogP contribution in [0.4, 0.5) is 5.95 Å². The molecule has 8 heteroatoms. The van der Waals surface area contributed by atoms with Gasteiger partial charge in [0.2, 0.25) is 5.95 Å². The van der Waals surface area contributed by atoms with E-state index in [1.54, 1.807) is 16.0 Å². The number of nitrogens with zero attached hydrogens (tertiary/aromatic N) is 6. The number of benzene rings is 1. The zero-order valence-corrected chi connectivity index (χ0v) is 15.1. The van der Waals surface area contributed by atoms with Crippen LogP contribution in [0.15, 0.2) is 29.6 Å². The van der Waals surface area contributed by atoms with Crippen molar-refractivity contribution in [3.05, 3.63) is 45.9 Å². The van der Waals surface area contributed by atoms with Crippen molar-refractivity contribution in [2.24, 2.45) is 0 Å². The van der Waals surface area contributed by atoms with E-state index in [0.29, 0.717) is 6.61 Å². The molecule has 7 nitrogen and oxygen atoms in total. The SMILES string of the molecule is Cc1ccc(-n2nnnc2N2CCC(OCc3csc(C)n3)C2)cc1. The highest BCUT2D eigenvalue weighted by molar-refractivity contribution is 7.09. The summed E-state index contributed by atoms with van der Waals surface area (Å²) in [5, 5.41) is 15.3. The fraction of sp³-hybridized carbons (Fsp3) is 0.412. The molecule has 1 aliphatic rings. The average Bonchev–Trinajstić information content (AvgIpc) is 3.33. The molecule has 1 saturated heterocycles. The van der Waals surface area contributed by atoms with E-state index in [1.165, 1.54) is 5.56 Å². The molecule has 4 rings (SSSR count). The van der Waals surface area contributed by atoms with Crippen LogP contribution in [-0.4, -0.2) is 44.4 Å². The first-order valence-corrected chi connectivity index (χ1v) is 9.20. The van der Waals surface area contributed by atoms with E-state index >= 15 is 0 Å². The summed E-state index contributed by atoms with van der Waals surface area (Å²) >= 11 is 1.65. The molecular formula is C17H20N6OS. The quantitative estimate of drug-likeness (QED) is 0.700. The second-order valence-electron chi connectivity index (χ2n) is 6.25. The first-order chi connectivity index (χ1) is 12.2. The molecule has 1 aromatic carbocycles. The molecule has 1 aliphatic heterocycles. The average molecular weight is 356 g/mol. The van der Waals surface area contributed by atoms with Crippen molar-refractivity contribution < 1.29 is 4.74 Å². The minimum atomic E-state index is 0.171. The van der Waals surface area contributed by atoms with Gasteiger partial charge in [0.15, 0.2) is 0 Å². The number of hydrogen-bond acceptors (Lipinski definition) is 7. The Morgan fingerprint density at radius 3 is 2.84 bits per heavy atom. The maximum absolute atomic E-state index is 6.02. The van der Waals surface area contributed by atoms with Gasteiger partial charge in [-0.05, 0) is 42.8 Å². The summed E-state index contributed by atoms with van der Waals surface area (Å²) in [7, 11) is 0. The Kier molecular flexibility index (Phi) is 4.46. The molecule has 3 heterocycles. The molecule has 0 aliphatic carbocycles. The lowest BCUT2D eigenvalue weighted by Gasteiger charge is -2.17. The van der Waals surface area contributed by atoms with Crippen LogP contribution in [0.3, 0.4) is 0 Å². The maximum Gasteiger partial charge on any atom is 0.250 e. The van der Waals surface area contributed by atoms with Crippen molar-refractivity contribution in [3.63, 3.8) is 0 Å². The van der Waals surface area contributed by atoms with Gasteiger partial charge in [0.1, 0.15) is 0 Å². The highest BCUT2D eigenvalue weighted by Gasteiger charge is 2.27. The monoisotopic (exact) mass is 356 g/mol. The highest BCUT2D eigenvalue weighted by Crippen LogP contribution is 2.22. The number of ether oxygens (including phenoxy) is 1. The summed E-state index contributed by atoms with van der Waals surface area (Å²) in [5.41, 5.74) is 3.18. The van der Waals surface area contributed by atoms with E-state index in [4.69, 9.17) is 4.74 Å². The van der Waals surface area contributed by atoms with Crippen LogP contribution in [0.1, 0.15) is 22.7 Å². The van der Waals surface area contributed by atoms with Crippen molar-refractivity contribution in [2.45, 2.75) is 33.0 Å². The number of thiazole rings is 1. The standard InChI is InChI=1S/C17H20N6OS/c1-12-3-5-15(6-4-12)23-17(19-20-21-23)22-8-7-16(9-22)24-10-14-11-25-13(2)18-14/h3-6,11,16H,7-10H2,1-2H3. The first-order valence-electron chi connectivity index (χ1n) is 8.32. The molecular weight excluding hydrogens is 336 g/mol. The van der Waals surface area contributed by atoms with Crippen molar-refractivity contribution in [3.8, 4) is 5.69 Å². The zero-order chi connectivity index (χ0) is 17.2. The normalized spacial score (nSPS) is 17.4. The van der Waals surface area contributed by atoms with Crippen LogP contribution in [0, 0.1) is 13.8 Å². The van der Waals surface area contributed by atoms with Crippen molar-refractivity contribution in [2.75, 3.05) is 18.0 Å². The first kappa shape index (κ1) is 16.2. The maximum atomic E-state index is 6.02. The van der Waals surface area contributed by atoms with E-state index in [2.05, 4.69) is 49.8 Å². The topological polar surface area (TPSA) is 69.0 Å². The van der Waals surface area contributed by atoms with Gasteiger partial charge in [0, 0.05) is 18.5 Å². The number of hydrogen-bond donors (Lipinski definition) is 0. The third-order valence-corrected chi connectivity index (χ3v) is 5.12. The zero-order valence-electron chi connectivity index (χ0n) is 14.3. The predicted molar refractivity (Wildman–Crippen MR) is 96.1 cm³/mol. The Labute approximate surface area is 150 Å². The van der Waals surface area contributed by atoms with Gasteiger partial charge in [-0.1, -0.05) is 22.8 Å². The van der Waals surface area contributed by atoms with Gasteiger partial charge in [0.05, 0.1) is 29.1 Å². The van der Waals surface area contributed by atoms with Gasteiger partial charge < -0.3 is 9.64 Å². The van der Waals surface area contributed by atoms with Crippen LogP contribution in [-0.2, 0) is 11.3 Å². The Morgan fingerprint density at radius 1 is 1.24 bits per heavy atom. The van der Waals surface area contributed by atoms with E-state index in [0.717, 1.165) is 41.8 Å². The van der Waals surface area contributed by atoms with Gasteiger partial charge >= 0.3 is 0 Å². The fourth-order valence-electron chi connectivity index (χ4n) is 2.96. The van der Waals surface area contributed by atoms with E-state index in [9.17, 15) is 0 Å².